The van der Waals surface area contributed by atoms with E-state index in [1.807, 2.05) is 4.90 Å². The Morgan fingerprint density at radius 1 is 1.14 bits per heavy atom. The number of fused-ring (bicyclic) bond motifs is 3. The van der Waals surface area contributed by atoms with Crippen molar-refractivity contribution in [3.05, 3.63) is 23.6 Å². The number of hydrogen-bond acceptors (Lipinski definition) is 4. The number of cyclic esters (lactones) is 1. The Kier molecular flexibility index (Phi) is 6.73. The Labute approximate surface area is 213 Å². The summed E-state index contributed by atoms with van der Waals surface area (Å²) < 4.78 is 12.5. The second-order valence-corrected chi connectivity index (χ2v) is 18.0. The van der Waals surface area contributed by atoms with Gasteiger partial charge in [-0.1, -0.05) is 39.7 Å². The lowest BCUT2D eigenvalue weighted by atomic mass is 9.61. The largest absolute Gasteiger partial charge is 0.546 e. The molecular formula is C29H46N2O3Si. The van der Waals surface area contributed by atoms with Gasteiger partial charge in [0, 0.05) is 29.3 Å². The van der Waals surface area contributed by atoms with Crippen molar-refractivity contribution >= 4 is 20.1 Å². The van der Waals surface area contributed by atoms with E-state index in [-0.39, 0.29) is 17.0 Å². The van der Waals surface area contributed by atoms with Crippen LogP contribution >= 0.6 is 0 Å². The van der Waals surface area contributed by atoms with Gasteiger partial charge in [0.1, 0.15) is 6.61 Å². The summed E-state index contributed by atoms with van der Waals surface area (Å²) in [5, 5.41) is 0.150. The zero-order valence-electron chi connectivity index (χ0n) is 22.8. The minimum Gasteiger partial charge on any atom is -0.546 e. The highest BCUT2D eigenvalue weighted by Crippen LogP contribution is 2.57. The van der Waals surface area contributed by atoms with Crippen molar-refractivity contribution in [1.82, 2.24) is 4.90 Å². The normalized spacial score (nSPS) is 35.5. The van der Waals surface area contributed by atoms with Crippen LogP contribution in [0.3, 0.4) is 0 Å². The Morgan fingerprint density at radius 2 is 1.91 bits per heavy atom. The van der Waals surface area contributed by atoms with Crippen molar-refractivity contribution in [2.45, 2.75) is 103 Å². The molecule has 1 saturated carbocycles. The third kappa shape index (κ3) is 4.76. The standard InChI is InChI=1S/C29H46N2O3Si/c1-19-10-9-11-21(30-19)16-20-17-26(34-35(5,6)29(2,3)4)24-18-25(31-14-15-33-28(31)32)22-12-7-8-13-23(22)27(20)24/h17-20,22-24,27H,7-16H2,1-6H3/t19-,20-,22-,23-,24+,27+/m0/s1. The van der Waals surface area contributed by atoms with Gasteiger partial charge >= 0.3 is 6.09 Å². The fourth-order valence-corrected chi connectivity index (χ4v) is 8.19. The van der Waals surface area contributed by atoms with E-state index in [0.717, 1.165) is 12.8 Å². The predicted molar refractivity (Wildman–Crippen MR) is 144 cm³/mol. The molecule has 0 radical (unpaired) electrons. The molecule has 0 aromatic carbocycles. The van der Waals surface area contributed by atoms with Gasteiger partial charge in [0.2, 0.25) is 8.32 Å². The zero-order chi connectivity index (χ0) is 25.0. The van der Waals surface area contributed by atoms with Gasteiger partial charge in [-0.25, -0.2) is 4.79 Å². The van der Waals surface area contributed by atoms with Crippen LogP contribution in [0.5, 0.6) is 0 Å². The molecule has 0 unspecified atom stereocenters. The van der Waals surface area contributed by atoms with Gasteiger partial charge in [-0.2, -0.15) is 0 Å². The van der Waals surface area contributed by atoms with E-state index in [1.165, 1.54) is 55.7 Å². The number of aliphatic imine (C=N–C) groups is 1. The van der Waals surface area contributed by atoms with Crippen LogP contribution in [0.4, 0.5) is 4.79 Å². The first kappa shape index (κ1) is 25.1. The van der Waals surface area contributed by atoms with Crippen LogP contribution in [-0.4, -0.2) is 44.2 Å². The molecule has 6 atom stereocenters. The minimum absolute atomic E-state index is 0.150. The zero-order valence-corrected chi connectivity index (χ0v) is 23.8. The number of carbonyl (C=O) groups is 1. The summed E-state index contributed by atoms with van der Waals surface area (Å²) in [6.45, 7) is 15.1. The molecule has 0 aromatic rings. The molecule has 5 aliphatic rings. The highest BCUT2D eigenvalue weighted by atomic mass is 28.4. The van der Waals surface area contributed by atoms with Gasteiger partial charge in [-0.3, -0.25) is 9.89 Å². The lowest BCUT2D eigenvalue weighted by Crippen LogP contribution is -2.44. The summed E-state index contributed by atoms with van der Waals surface area (Å²) in [4.78, 5) is 19.7. The van der Waals surface area contributed by atoms with E-state index < -0.39 is 8.32 Å². The number of hydrogen-bond donors (Lipinski definition) is 0. The van der Waals surface area contributed by atoms with E-state index in [1.54, 1.807) is 0 Å². The maximum absolute atomic E-state index is 12.6. The van der Waals surface area contributed by atoms with E-state index in [0.29, 0.717) is 42.9 Å². The summed E-state index contributed by atoms with van der Waals surface area (Å²) in [5.41, 5.74) is 2.65. The molecule has 3 aliphatic carbocycles. The predicted octanol–water partition coefficient (Wildman–Crippen LogP) is 7.31. The highest BCUT2D eigenvalue weighted by molar-refractivity contribution is 6.74. The number of rotatable bonds is 5. The SMILES string of the molecule is C[C@H]1CCCC(C[C@H]2C=C(O[Si](C)(C)C(C)(C)C)[C@H]3C=C(N4CCOC4=O)[C@H]4CCCC[C@@H]4[C@@H]23)=N1. The smallest absolute Gasteiger partial charge is 0.414 e. The fourth-order valence-electron chi connectivity index (χ4n) is 7.09. The van der Waals surface area contributed by atoms with Crippen molar-refractivity contribution < 1.29 is 14.0 Å². The van der Waals surface area contributed by atoms with Crippen molar-refractivity contribution in [1.29, 1.82) is 0 Å². The van der Waals surface area contributed by atoms with Crippen molar-refractivity contribution in [3.8, 4) is 0 Å². The molecule has 1 amide bonds. The maximum atomic E-state index is 12.6. The average molecular weight is 499 g/mol. The topological polar surface area (TPSA) is 51.1 Å². The lowest BCUT2D eigenvalue weighted by Gasteiger charge is -2.47. The van der Waals surface area contributed by atoms with Crippen molar-refractivity contribution in [3.63, 3.8) is 0 Å². The molecule has 1 saturated heterocycles. The van der Waals surface area contributed by atoms with Crippen molar-refractivity contribution in [2.75, 3.05) is 13.2 Å². The Bertz CT molecular complexity index is 931. The van der Waals surface area contributed by atoms with Crippen LogP contribution in [0.2, 0.25) is 18.1 Å². The molecule has 5 nitrogen and oxygen atoms in total. The Morgan fingerprint density at radius 3 is 2.60 bits per heavy atom. The summed E-state index contributed by atoms with van der Waals surface area (Å²) in [6.07, 6.45) is 14.5. The van der Waals surface area contributed by atoms with Gasteiger partial charge < -0.3 is 9.16 Å². The monoisotopic (exact) mass is 498 g/mol. The summed E-state index contributed by atoms with van der Waals surface area (Å²) >= 11 is 0. The summed E-state index contributed by atoms with van der Waals surface area (Å²) in [6, 6.07) is 0.462. The molecule has 2 aliphatic heterocycles. The summed E-state index contributed by atoms with van der Waals surface area (Å²) in [5.74, 6) is 3.56. The van der Waals surface area contributed by atoms with E-state index in [4.69, 9.17) is 14.2 Å². The molecule has 0 spiro atoms. The van der Waals surface area contributed by atoms with E-state index >= 15 is 0 Å². The van der Waals surface area contributed by atoms with Crippen LogP contribution in [0, 0.1) is 29.6 Å². The number of amides is 1. The number of allylic oxidation sites excluding steroid dienone is 3. The molecule has 194 valence electrons. The molecule has 0 aromatic heterocycles. The first-order valence-electron chi connectivity index (χ1n) is 14.2. The second-order valence-electron chi connectivity index (χ2n) is 13.3. The van der Waals surface area contributed by atoms with E-state index in [9.17, 15) is 4.79 Å². The lowest BCUT2D eigenvalue weighted by molar-refractivity contribution is 0.0946. The minimum atomic E-state index is -1.98. The van der Waals surface area contributed by atoms with Crippen molar-refractivity contribution in [2.24, 2.45) is 34.6 Å². The summed E-state index contributed by atoms with van der Waals surface area (Å²) in [7, 11) is -1.98. The van der Waals surface area contributed by atoms with Gasteiger partial charge in [0.25, 0.3) is 0 Å². The molecule has 0 N–H and O–H groups in total. The molecule has 35 heavy (non-hydrogen) atoms. The molecule has 5 rings (SSSR count). The third-order valence-corrected chi connectivity index (χ3v) is 14.2. The Balaban J connectivity index is 1.53. The van der Waals surface area contributed by atoms with Crippen LogP contribution in [-0.2, 0) is 9.16 Å². The van der Waals surface area contributed by atoms with Gasteiger partial charge in [0.15, 0.2) is 0 Å². The van der Waals surface area contributed by atoms with Gasteiger partial charge in [-0.15, -0.1) is 0 Å². The number of carbonyl (C=O) groups excluding carboxylic acids is 1. The molecule has 6 heteroatoms. The first-order valence-corrected chi connectivity index (χ1v) is 17.1. The maximum Gasteiger partial charge on any atom is 0.414 e. The van der Waals surface area contributed by atoms with Crippen LogP contribution in [0.15, 0.2) is 28.6 Å². The second kappa shape index (κ2) is 9.39. The molecule has 0 bridgehead atoms. The van der Waals surface area contributed by atoms with Gasteiger partial charge in [-0.05, 0) is 87.4 Å². The molecule has 2 heterocycles. The molecule has 2 fully saturated rings. The van der Waals surface area contributed by atoms with E-state index in [2.05, 4.69) is 52.9 Å². The first-order chi connectivity index (χ1) is 16.5. The van der Waals surface area contributed by atoms with Gasteiger partial charge in [0.05, 0.1) is 12.3 Å². The fraction of sp³-hybridized carbons (Fsp3) is 0.793. The number of ether oxygens (including phenoxy) is 1. The highest BCUT2D eigenvalue weighted by Gasteiger charge is 2.52. The van der Waals surface area contributed by atoms with Crippen LogP contribution in [0.1, 0.15) is 79.1 Å². The van der Waals surface area contributed by atoms with Crippen LogP contribution in [0.25, 0.3) is 0 Å². The quantitative estimate of drug-likeness (QED) is 0.373. The van der Waals surface area contributed by atoms with Crippen LogP contribution < -0.4 is 0 Å². The molecular weight excluding hydrogens is 452 g/mol. The number of nitrogens with zero attached hydrogens (tertiary/aromatic N) is 2. The average Bonchev–Trinajstić information content (AvgIpc) is 3.35. The Hall–Kier alpha value is -1.56. The third-order valence-electron chi connectivity index (χ3n) is 9.87.